The molecule has 1 fully saturated rings. The van der Waals surface area contributed by atoms with Crippen LogP contribution < -0.4 is 10.6 Å². The second-order valence-electron chi connectivity index (χ2n) is 5.79. The molecule has 112 valence electrons. The zero-order valence-electron chi connectivity index (χ0n) is 12.7. The molecule has 4 nitrogen and oxygen atoms in total. The molecule has 1 rings (SSSR count). The van der Waals surface area contributed by atoms with E-state index in [0.29, 0.717) is 25.1 Å². The lowest BCUT2D eigenvalue weighted by atomic mass is 9.95. The Morgan fingerprint density at radius 3 is 2.53 bits per heavy atom. The standard InChI is InChI=1S/C15H30N2O2/c1-4-19-11-14(12(2)3)16-10-15(18)17-13-8-6-5-7-9-13/h12-14,16H,4-11H2,1-3H3,(H,17,18). The van der Waals surface area contributed by atoms with Crippen molar-refractivity contribution in [3.63, 3.8) is 0 Å². The Hall–Kier alpha value is -0.610. The fourth-order valence-corrected chi connectivity index (χ4v) is 2.48. The number of hydrogen-bond donors (Lipinski definition) is 2. The molecule has 4 heteroatoms. The molecule has 0 radical (unpaired) electrons. The van der Waals surface area contributed by atoms with E-state index >= 15 is 0 Å². The Morgan fingerprint density at radius 1 is 1.26 bits per heavy atom. The molecule has 0 aromatic carbocycles. The number of carbonyl (C=O) groups is 1. The molecule has 1 aliphatic carbocycles. The average Bonchev–Trinajstić information content (AvgIpc) is 2.39. The Morgan fingerprint density at radius 2 is 1.95 bits per heavy atom. The van der Waals surface area contributed by atoms with Crippen LogP contribution in [-0.2, 0) is 9.53 Å². The van der Waals surface area contributed by atoms with Crippen molar-refractivity contribution in [1.29, 1.82) is 0 Å². The summed E-state index contributed by atoms with van der Waals surface area (Å²) in [6, 6.07) is 0.643. The Bertz CT molecular complexity index is 251. The maximum absolute atomic E-state index is 11.9. The molecule has 1 amide bonds. The SMILES string of the molecule is CCOCC(NCC(=O)NC1CCCCC1)C(C)C. The summed E-state index contributed by atoms with van der Waals surface area (Å²) in [5.41, 5.74) is 0. The first-order valence-corrected chi connectivity index (χ1v) is 7.74. The highest BCUT2D eigenvalue weighted by molar-refractivity contribution is 5.78. The van der Waals surface area contributed by atoms with Gasteiger partial charge in [0.05, 0.1) is 13.2 Å². The van der Waals surface area contributed by atoms with E-state index in [1.807, 2.05) is 6.92 Å². The third-order valence-corrected chi connectivity index (χ3v) is 3.80. The van der Waals surface area contributed by atoms with Crippen LogP contribution in [0.4, 0.5) is 0 Å². The Kier molecular flexibility index (Phi) is 8.07. The van der Waals surface area contributed by atoms with Crippen molar-refractivity contribution in [2.24, 2.45) is 5.92 Å². The molecule has 1 atom stereocenters. The van der Waals surface area contributed by atoms with Crippen LogP contribution in [0.5, 0.6) is 0 Å². The fourth-order valence-electron chi connectivity index (χ4n) is 2.48. The summed E-state index contributed by atoms with van der Waals surface area (Å²) in [5.74, 6) is 0.586. The molecule has 0 spiro atoms. The van der Waals surface area contributed by atoms with Gasteiger partial charge in [0.2, 0.25) is 5.91 Å². The summed E-state index contributed by atoms with van der Waals surface area (Å²) in [7, 11) is 0. The highest BCUT2D eigenvalue weighted by Crippen LogP contribution is 2.17. The summed E-state index contributed by atoms with van der Waals surface area (Å²) in [6.07, 6.45) is 6.08. The third-order valence-electron chi connectivity index (χ3n) is 3.80. The van der Waals surface area contributed by atoms with Gasteiger partial charge in [0, 0.05) is 18.7 Å². The van der Waals surface area contributed by atoms with Crippen LogP contribution in [0.15, 0.2) is 0 Å². The number of rotatable bonds is 8. The van der Waals surface area contributed by atoms with E-state index in [0.717, 1.165) is 19.4 Å². The van der Waals surface area contributed by atoms with Crippen LogP contribution in [0.1, 0.15) is 52.9 Å². The molecule has 0 aromatic heterocycles. The van der Waals surface area contributed by atoms with E-state index in [2.05, 4.69) is 24.5 Å². The van der Waals surface area contributed by atoms with Crippen LogP contribution in [0, 0.1) is 5.92 Å². The summed E-state index contributed by atoms with van der Waals surface area (Å²) >= 11 is 0. The summed E-state index contributed by atoms with van der Waals surface area (Å²) in [4.78, 5) is 11.9. The highest BCUT2D eigenvalue weighted by Gasteiger charge is 2.17. The quantitative estimate of drug-likeness (QED) is 0.710. The van der Waals surface area contributed by atoms with Crippen LogP contribution in [0.2, 0.25) is 0 Å². The summed E-state index contributed by atoms with van der Waals surface area (Å²) in [6.45, 7) is 8.08. The zero-order valence-corrected chi connectivity index (χ0v) is 12.7. The van der Waals surface area contributed by atoms with Gasteiger partial charge in [0.1, 0.15) is 0 Å². The van der Waals surface area contributed by atoms with E-state index in [1.54, 1.807) is 0 Å². The minimum atomic E-state index is 0.119. The van der Waals surface area contributed by atoms with Gasteiger partial charge in [0.15, 0.2) is 0 Å². The lowest BCUT2D eigenvalue weighted by Crippen LogP contribution is -2.46. The number of ether oxygens (including phenoxy) is 1. The second kappa shape index (κ2) is 9.32. The smallest absolute Gasteiger partial charge is 0.234 e. The van der Waals surface area contributed by atoms with Gasteiger partial charge in [0.25, 0.3) is 0 Å². The van der Waals surface area contributed by atoms with Gasteiger partial charge < -0.3 is 15.4 Å². The molecule has 1 aliphatic rings. The number of amides is 1. The molecule has 1 unspecified atom stereocenters. The lowest BCUT2D eigenvalue weighted by molar-refractivity contribution is -0.121. The lowest BCUT2D eigenvalue weighted by Gasteiger charge is -2.25. The van der Waals surface area contributed by atoms with Crippen LogP contribution >= 0.6 is 0 Å². The normalized spacial score (nSPS) is 18.5. The molecular formula is C15H30N2O2. The largest absolute Gasteiger partial charge is 0.380 e. The van der Waals surface area contributed by atoms with Crippen molar-refractivity contribution in [2.45, 2.75) is 65.0 Å². The van der Waals surface area contributed by atoms with Crippen molar-refractivity contribution >= 4 is 5.91 Å². The molecule has 0 heterocycles. The molecule has 0 bridgehead atoms. The molecule has 19 heavy (non-hydrogen) atoms. The van der Waals surface area contributed by atoms with Gasteiger partial charge in [-0.2, -0.15) is 0 Å². The monoisotopic (exact) mass is 270 g/mol. The van der Waals surface area contributed by atoms with Gasteiger partial charge in [-0.25, -0.2) is 0 Å². The number of carbonyl (C=O) groups excluding carboxylic acids is 1. The first-order chi connectivity index (χ1) is 9.13. The predicted molar refractivity (Wildman–Crippen MR) is 78.1 cm³/mol. The van der Waals surface area contributed by atoms with Crippen molar-refractivity contribution in [3.8, 4) is 0 Å². The minimum Gasteiger partial charge on any atom is -0.380 e. The van der Waals surface area contributed by atoms with Crippen molar-refractivity contribution < 1.29 is 9.53 Å². The minimum absolute atomic E-state index is 0.119. The topological polar surface area (TPSA) is 50.4 Å². The highest BCUT2D eigenvalue weighted by atomic mass is 16.5. The Labute approximate surface area is 117 Å². The van der Waals surface area contributed by atoms with E-state index in [9.17, 15) is 4.79 Å². The van der Waals surface area contributed by atoms with E-state index in [4.69, 9.17) is 4.74 Å². The number of hydrogen-bond acceptors (Lipinski definition) is 3. The van der Waals surface area contributed by atoms with Gasteiger partial charge in [-0.1, -0.05) is 33.1 Å². The van der Waals surface area contributed by atoms with E-state index in [1.165, 1.54) is 19.3 Å². The number of nitrogens with one attached hydrogen (secondary N) is 2. The first kappa shape index (κ1) is 16.4. The maximum atomic E-state index is 11.9. The van der Waals surface area contributed by atoms with Crippen LogP contribution in [-0.4, -0.2) is 37.7 Å². The van der Waals surface area contributed by atoms with Gasteiger partial charge >= 0.3 is 0 Å². The summed E-state index contributed by atoms with van der Waals surface area (Å²) in [5, 5.41) is 6.43. The second-order valence-corrected chi connectivity index (χ2v) is 5.79. The summed E-state index contributed by atoms with van der Waals surface area (Å²) < 4.78 is 5.44. The average molecular weight is 270 g/mol. The van der Waals surface area contributed by atoms with E-state index in [-0.39, 0.29) is 11.9 Å². The van der Waals surface area contributed by atoms with Crippen LogP contribution in [0.25, 0.3) is 0 Å². The molecule has 0 saturated heterocycles. The molecule has 1 saturated carbocycles. The van der Waals surface area contributed by atoms with Crippen LogP contribution in [0.3, 0.4) is 0 Å². The van der Waals surface area contributed by atoms with Crippen molar-refractivity contribution in [3.05, 3.63) is 0 Å². The van der Waals surface area contributed by atoms with Crippen molar-refractivity contribution in [1.82, 2.24) is 10.6 Å². The predicted octanol–water partition coefficient (Wildman–Crippen LogP) is 2.09. The molecule has 0 aliphatic heterocycles. The first-order valence-electron chi connectivity index (χ1n) is 7.74. The molecule has 0 aromatic rings. The Balaban J connectivity index is 2.22. The van der Waals surface area contributed by atoms with Gasteiger partial charge in [-0.05, 0) is 25.7 Å². The van der Waals surface area contributed by atoms with Gasteiger partial charge in [-0.15, -0.1) is 0 Å². The van der Waals surface area contributed by atoms with E-state index < -0.39 is 0 Å². The fraction of sp³-hybridized carbons (Fsp3) is 0.933. The van der Waals surface area contributed by atoms with Crippen molar-refractivity contribution in [2.75, 3.05) is 19.8 Å². The molecular weight excluding hydrogens is 240 g/mol. The molecule has 2 N–H and O–H groups in total. The zero-order chi connectivity index (χ0) is 14.1. The third kappa shape index (κ3) is 6.92. The van der Waals surface area contributed by atoms with Gasteiger partial charge in [-0.3, -0.25) is 4.79 Å². The maximum Gasteiger partial charge on any atom is 0.234 e.